The Hall–Kier alpha value is -3.55. The number of rotatable bonds is 4. The average Bonchev–Trinajstić information content (AvgIpc) is 3.10. The number of hydrogen-bond acceptors (Lipinski definition) is 5. The highest BCUT2D eigenvalue weighted by molar-refractivity contribution is 6.04. The molecule has 8 heteroatoms. The number of benzene rings is 1. The zero-order chi connectivity index (χ0) is 16.2. The number of anilines is 1. The van der Waals surface area contributed by atoms with Crippen LogP contribution in [0.4, 0.5) is 11.4 Å². The van der Waals surface area contributed by atoms with Crippen molar-refractivity contribution in [3.63, 3.8) is 0 Å². The van der Waals surface area contributed by atoms with Gasteiger partial charge in [0.15, 0.2) is 0 Å². The van der Waals surface area contributed by atoms with Crippen LogP contribution < -0.4 is 5.32 Å². The normalized spacial score (nSPS) is 10.3. The van der Waals surface area contributed by atoms with E-state index in [0.717, 1.165) is 0 Å². The molecule has 0 fully saturated rings. The van der Waals surface area contributed by atoms with Crippen LogP contribution in [0.5, 0.6) is 0 Å². The highest BCUT2D eigenvalue weighted by atomic mass is 16.6. The van der Waals surface area contributed by atoms with Gasteiger partial charge in [-0.2, -0.15) is 0 Å². The van der Waals surface area contributed by atoms with Crippen LogP contribution in [-0.2, 0) is 0 Å². The molecule has 3 aromatic rings. The second-order valence-corrected chi connectivity index (χ2v) is 4.64. The third kappa shape index (κ3) is 3.21. The molecule has 2 aromatic heterocycles. The van der Waals surface area contributed by atoms with Crippen molar-refractivity contribution >= 4 is 17.3 Å². The Morgan fingerprint density at radius 1 is 1.26 bits per heavy atom. The average molecular weight is 309 g/mol. The number of carbonyl (C=O) groups excluding carboxylic acids is 1. The summed E-state index contributed by atoms with van der Waals surface area (Å²) in [6.07, 6.45) is 6.51. The summed E-state index contributed by atoms with van der Waals surface area (Å²) in [5.41, 5.74) is 0.564. The summed E-state index contributed by atoms with van der Waals surface area (Å²) < 4.78 is 1.73. The number of pyridine rings is 1. The summed E-state index contributed by atoms with van der Waals surface area (Å²) in [6.45, 7) is 0. The number of carbonyl (C=O) groups is 1. The minimum absolute atomic E-state index is 0.133. The fraction of sp³-hybridized carbons (Fsp3) is 0. The van der Waals surface area contributed by atoms with Gasteiger partial charge in [-0.05, 0) is 18.2 Å². The molecule has 1 N–H and O–H groups in total. The molecule has 0 aliphatic rings. The van der Waals surface area contributed by atoms with E-state index < -0.39 is 10.8 Å². The van der Waals surface area contributed by atoms with Crippen molar-refractivity contribution in [2.24, 2.45) is 0 Å². The maximum absolute atomic E-state index is 12.1. The van der Waals surface area contributed by atoms with Crippen molar-refractivity contribution in [3.05, 3.63) is 77.0 Å². The molecule has 0 spiro atoms. The van der Waals surface area contributed by atoms with E-state index in [1.165, 1.54) is 30.5 Å². The van der Waals surface area contributed by atoms with Gasteiger partial charge in [-0.1, -0.05) is 6.07 Å². The largest absolute Gasteiger partial charge is 0.321 e. The van der Waals surface area contributed by atoms with Gasteiger partial charge in [-0.25, -0.2) is 9.97 Å². The van der Waals surface area contributed by atoms with E-state index in [1.54, 1.807) is 35.4 Å². The molecule has 8 nitrogen and oxygen atoms in total. The molecule has 0 aliphatic heterocycles. The molecular weight excluding hydrogens is 298 g/mol. The van der Waals surface area contributed by atoms with Crippen molar-refractivity contribution < 1.29 is 9.72 Å². The van der Waals surface area contributed by atoms with Gasteiger partial charge < -0.3 is 5.32 Å². The third-order valence-electron chi connectivity index (χ3n) is 3.09. The molecule has 3 rings (SSSR count). The number of aromatic nitrogens is 3. The maximum Gasteiger partial charge on any atom is 0.270 e. The summed E-state index contributed by atoms with van der Waals surface area (Å²) in [5, 5.41) is 13.4. The predicted molar refractivity (Wildman–Crippen MR) is 82.4 cm³/mol. The Kier molecular flexibility index (Phi) is 3.79. The number of nitro benzene ring substituents is 1. The fourth-order valence-electron chi connectivity index (χ4n) is 1.97. The van der Waals surface area contributed by atoms with Crippen LogP contribution in [0.2, 0.25) is 0 Å². The number of nitrogens with zero attached hydrogens (tertiary/aromatic N) is 4. The standard InChI is InChI=1S/C15H11N5O3/c21-15(11-2-1-3-13(8-11)20(22)23)18-12-4-5-14(17-9-12)19-7-6-16-10-19/h1-10H,(H,18,21). The topological polar surface area (TPSA) is 103 Å². The predicted octanol–water partition coefficient (Wildman–Crippen LogP) is 2.43. The van der Waals surface area contributed by atoms with Gasteiger partial charge in [0.1, 0.15) is 12.1 Å². The zero-order valence-electron chi connectivity index (χ0n) is 11.8. The van der Waals surface area contributed by atoms with Crippen LogP contribution in [0, 0.1) is 10.1 Å². The Balaban J connectivity index is 1.75. The van der Waals surface area contributed by atoms with Crippen LogP contribution in [0.1, 0.15) is 10.4 Å². The molecule has 2 heterocycles. The van der Waals surface area contributed by atoms with Gasteiger partial charge in [0, 0.05) is 30.1 Å². The lowest BCUT2D eigenvalue weighted by atomic mass is 10.2. The number of amides is 1. The first-order valence-corrected chi connectivity index (χ1v) is 6.64. The van der Waals surface area contributed by atoms with Gasteiger partial charge in [-0.15, -0.1) is 0 Å². The van der Waals surface area contributed by atoms with Crippen molar-refractivity contribution in [3.8, 4) is 5.82 Å². The quantitative estimate of drug-likeness (QED) is 0.589. The zero-order valence-corrected chi connectivity index (χ0v) is 11.8. The van der Waals surface area contributed by atoms with Crippen molar-refractivity contribution in [2.45, 2.75) is 0 Å². The number of nitrogens with one attached hydrogen (secondary N) is 1. The second-order valence-electron chi connectivity index (χ2n) is 4.64. The fourth-order valence-corrected chi connectivity index (χ4v) is 1.97. The lowest BCUT2D eigenvalue weighted by Crippen LogP contribution is -2.12. The molecule has 1 amide bonds. The van der Waals surface area contributed by atoms with Crippen LogP contribution >= 0.6 is 0 Å². The van der Waals surface area contributed by atoms with Gasteiger partial charge in [0.25, 0.3) is 11.6 Å². The van der Waals surface area contributed by atoms with E-state index in [2.05, 4.69) is 15.3 Å². The van der Waals surface area contributed by atoms with E-state index in [4.69, 9.17) is 0 Å². The number of nitro groups is 1. The van der Waals surface area contributed by atoms with E-state index in [1.807, 2.05) is 0 Å². The summed E-state index contributed by atoms with van der Waals surface area (Å²) in [4.78, 5) is 30.5. The Morgan fingerprint density at radius 3 is 2.78 bits per heavy atom. The number of imidazole rings is 1. The van der Waals surface area contributed by atoms with Crippen molar-refractivity contribution in [1.29, 1.82) is 0 Å². The SMILES string of the molecule is O=C(Nc1ccc(-n2ccnc2)nc1)c1cccc([N+](=O)[O-])c1. The van der Waals surface area contributed by atoms with Gasteiger partial charge in [-0.3, -0.25) is 19.5 Å². The first kappa shape index (κ1) is 14.4. The molecular formula is C15H11N5O3. The summed E-state index contributed by atoms with van der Waals surface area (Å²) in [7, 11) is 0. The molecule has 23 heavy (non-hydrogen) atoms. The molecule has 0 atom stereocenters. The highest BCUT2D eigenvalue weighted by Crippen LogP contribution is 2.15. The monoisotopic (exact) mass is 309 g/mol. The van der Waals surface area contributed by atoms with E-state index >= 15 is 0 Å². The van der Waals surface area contributed by atoms with E-state index in [-0.39, 0.29) is 11.3 Å². The maximum atomic E-state index is 12.1. The van der Waals surface area contributed by atoms with Crippen LogP contribution in [0.15, 0.2) is 61.3 Å². The molecule has 0 bridgehead atoms. The van der Waals surface area contributed by atoms with Gasteiger partial charge >= 0.3 is 0 Å². The minimum Gasteiger partial charge on any atom is -0.321 e. The van der Waals surface area contributed by atoms with Crippen molar-refractivity contribution in [2.75, 3.05) is 5.32 Å². The minimum atomic E-state index is -0.543. The van der Waals surface area contributed by atoms with Crippen LogP contribution in [-0.4, -0.2) is 25.4 Å². The summed E-state index contributed by atoms with van der Waals surface area (Å²) >= 11 is 0. The van der Waals surface area contributed by atoms with Crippen LogP contribution in [0.3, 0.4) is 0 Å². The number of hydrogen-bond donors (Lipinski definition) is 1. The Labute approximate surface area is 130 Å². The Bertz CT molecular complexity index is 844. The molecule has 0 saturated heterocycles. The Morgan fingerprint density at radius 2 is 2.13 bits per heavy atom. The first-order chi connectivity index (χ1) is 11.1. The van der Waals surface area contributed by atoms with E-state index in [0.29, 0.717) is 11.5 Å². The summed E-state index contributed by atoms with van der Waals surface area (Å²) in [5.74, 6) is 0.224. The number of non-ortho nitro benzene ring substituents is 1. The molecule has 0 unspecified atom stereocenters. The lowest BCUT2D eigenvalue weighted by Gasteiger charge is -2.06. The smallest absolute Gasteiger partial charge is 0.270 e. The molecule has 1 aromatic carbocycles. The third-order valence-corrected chi connectivity index (χ3v) is 3.09. The van der Waals surface area contributed by atoms with Gasteiger partial charge in [0.05, 0.1) is 16.8 Å². The molecule has 0 radical (unpaired) electrons. The molecule has 0 aliphatic carbocycles. The lowest BCUT2D eigenvalue weighted by molar-refractivity contribution is -0.384. The highest BCUT2D eigenvalue weighted by Gasteiger charge is 2.11. The van der Waals surface area contributed by atoms with Crippen molar-refractivity contribution in [1.82, 2.24) is 14.5 Å². The molecule has 114 valence electrons. The second kappa shape index (κ2) is 6.06. The first-order valence-electron chi connectivity index (χ1n) is 6.64. The van der Waals surface area contributed by atoms with Gasteiger partial charge in [0.2, 0.25) is 0 Å². The summed E-state index contributed by atoms with van der Waals surface area (Å²) in [6, 6.07) is 8.95. The molecule has 0 saturated carbocycles. The van der Waals surface area contributed by atoms with E-state index in [9.17, 15) is 14.9 Å². The van der Waals surface area contributed by atoms with Crippen LogP contribution in [0.25, 0.3) is 5.82 Å².